The molecule has 0 spiro atoms. The predicted molar refractivity (Wildman–Crippen MR) is 145 cm³/mol. The topological polar surface area (TPSA) is 81.2 Å². The molecule has 0 aromatic carbocycles. The fourth-order valence-corrected chi connectivity index (χ4v) is 4.27. The van der Waals surface area contributed by atoms with Crippen LogP contribution in [0, 0.1) is 11.8 Å². The molecule has 0 bridgehead atoms. The van der Waals surface area contributed by atoms with Crippen molar-refractivity contribution in [1.29, 1.82) is 0 Å². The van der Waals surface area contributed by atoms with Gasteiger partial charge < -0.3 is 20.7 Å². The summed E-state index contributed by atoms with van der Waals surface area (Å²) < 4.78 is 42.2. The number of aromatic nitrogens is 3. The van der Waals surface area contributed by atoms with Crippen LogP contribution in [-0.4, -0.2) is 58.8 Å². The van der Waals surface area contributed by atoms with E-state index in [1.54, 1.807) is 36.2 Å². The summed E-state index contributed by atoms with van der Waals surface area (Å²) >= 11 is 0. The highest BCUT2D eigenvalue weighted by Crippen LogP contribution is 2.51. The minimum Gasteiger partial charge on any atom is -0.402 e. The lowest BCUT2D eigenvalue weighted by molar-refractivity contribution is -0.274. The average molecular weight is 529 g/mol. The third-order valence-electron chi connectivity index (χ3n) is 6.42. The number of piperazine rings is 1. The van der Waals surface area contributed by atoms with Gasteiger partial charge in [0.2, 0.25) is 0 Å². The quantitative estimate of drug-likeness (QED) is 0.479. The van der Waals surface area contributed by atoms with Crippen LogP contribution in [0.1, 0.15) is 73.8 Å². The summed E-state index contributed by atoms with van der Waals surface area (Å²) in [5.41, 5.74) is 6.27. The Balaban J connectivity index is 0.000000327. The number of nitrogen functional groups attached to an aromatic ring is 1. The summed E-state index contributed by atoms with van der Waals surface area (Å²) in [6.07, 6.45) is 4.52. The second kappa shape index (κ2) is 15.8. The van der Waals surface area contributed by atoms with Crippen LogP contribution in [0.2, 0.25) is 0 Å². The molecule has 2 atom stereocenters. The number of fused-ring (bicyclic) bond motifs is 1. The van der Waals surface area contributed by atoms with Crippen LogP contribution in [0.5, 0.6) is 5.75 Å². The second-order valence-electron chi connectivity index (χ2n) is 9.30. The van der Waals surface area contributed by atoms with Crippen LogP contribution >= 0.6 is 0 Å². The monoisotopic (exact) mass is 528 g/mol. The van der Waals surface area contributed by atoms with Gasteiger partial charge in [-0.2, -0.15) is 5.10 Å². The number of ether oxygens (including phenoxy) is 1. The first-order valence-electron chi connectivity index (χ1n) is 13.2. The molecule has 3 aliphatic rings. The lowest BCUT2D eigenvalue weighted by Crippen LogP contribution is -2.43. The molecular formula is C27H47F3N6O. The molecule has 0 radical (unpaired) electrons. The number of alkyl halides is 3. The van der Waals surface area contributed by atoms with E-state index in [-0.39, 0.29) is 19.3 Å². The van der Waals surface area contributed by atoms with Crippen molar-refractivity contribution in [3.05, 3.63) is 24.5 Å². The number of pyridine rings is 1. The minimum atomic E-state index is -4.81. The second-order valence-corrected chi connectivity index (χ2v) is 9.30. The average Bonchev–Trinajstić information content (AvgIpc) is 3.24. The van der Waals surface area contributed by atoms with E-state index in [0.717, 1.165) is 0 Å². The van der Waals surface area contributed by atoms with Gasteiger partial charge in [-0.25, -0.2) is 4.98 Å². The van der Waals surface area contributed by atoms with Crippen LogP contribution in [0.3, 0.4) is 0 Å². The molecule has 7 nitrogen and oxygen atoms in total. The molecule has 212 valence electrons. The largest absolute Gasteiger partial charge is 0.573 e. The number of nitrogens with one attached hydrogen (secondary N) is 1. The Hall–Kier alpha value is -2.33. The lowest BCUT2D eigenvalue weighted by Gasteiger charge is -2.25. The van der Waals surface area contributed by atoms with E-state index in [9.17, 15) is 13.2 Å². The highest BCUT2D eigenvalue weighted by atomic mass is 19.4. The number of rotatable bonds is 4. The standard InChI is InChI=1S/C12H13F3N4O.C6H14N2.C6H10.C2H6.CH4/c1-7(2)19-4-3-9(18-19)8-5-10(11(16)17-6-8)20-12(13,14)15;1-2-8-5-3-7-4-6-8;1-2-5-4-6(5)3-1;1-2;/h3-7H,1-2H3,(H2,16,17);7H,2-6H2,1H3;5-6H,1-4H2;1-2H3;1H4. The normalized spacial score (nSPS) is 20.1. The van der Waals surface area contributed by atoms with E-state index >= 15 is 0 Å². The molecule has 1 aliphatic heterocycles. The lowest BCUT2D eigenvalue weighted by atomic mass is 10.2. The van der Waals surface area contributed by atoms with Crippen LogP contribution in [0.4, 0.5) is 19.0 Å². The number of likely N-dealkylation sites (N-methyl/N-ethyl adjacent to an activating group) is 1. The summed E-state index contributed by atoms with van der Waals surface area (Å²) in [6, 6.07) is 3.00. The number of anilines is 1. The zero-order valence-electron chi connectivity index (χ0n) is 22.3. The van der Waals surface area contributed by atoms with E-state index in [4.69, 9.17) is 5.73 Å². The number of nitrogens with two attached hydrogens (primary N) is 1. The van der Waals surface area contributed by atoms with Crippen molar-refractivity contribution < 1.29 is 17.9 Å². The summed E-state index contributed by atoms with van der Waals surface area (Å²) in [5, 5.41) is 7.55. The molecule has 0 amide bonds. The van der Waals surface area contributed by atoms with E-state index < -0.39 is 12.1 Å². The molecule has 2 saturated carbocycles. The minimum absolute atomic E-state index is 0. The molecule has 37 heavy (non-hydrogen) atoms. The fourth-order valence-electron chi connectivity index (χ4n) is 4.27. The third-order valence-corrected chi connectivity index (χ3v) is 6.42. The van der Waals surface area contributed by atoms with Gasteiger partial charge in [-0.3, -0.25) is 4.68 Å². The smallest absolute Gasteiger partial charge is 0.402 e. The molecule has 2 unspecified atom stereocenters. The number of nitrogens with zero attached hydrogens (tertiary/aromatic N) is 4. The third kappa shape index (κ3) is 11.3. The fraction of sp³-hybridized carbons (Fsp3) is 0.704. The van der Waals surface area contributed by atoms with Gasteiger partial charge in [-0.1, -0.05) is 47.5 Å². The Morgan fingerprint density at radius 1 is 1.16 bits per heavy atom. The van der Waals surface area contributed by atoms with Crippen LogP contribution in [-0.2, 0) is 0 Å². The van der Waals surface area contributed by atoms with Crippen molar-refractivity contribution >= 4 is 5.82 Å². The molecule has 2 aromatic rings. The molecular weight excluding hydrogens is 481 g/mol. The Morgan fingerprint density at radius 2 is 1.78 bits per heavy atom. The van der Waals surface area contributed by atoms with Crippen LogP contribution in [0.15, 0.2) is 24.5 Å². The maximum Gasteiger partial charge on any atom is 0.573 e. The Labute approximate surface area is 221 Å². The molecule has 1 saturated heterocycles. The summed E-state index contributed by atoms with van der Waals surface area (Å²) in [6.45, 7) is 16.1. The van der Waals surface area contributed by atoms with Crippen molar-refractivity contribution in [1.82, 2.24) is 25.0 Å². The highest BCUT2D eigenvalue weighted by molar-refractivity contribution is 5.63. The Kier molecular flexibility index (Phi) is 14.0. The first-order valence-corrected chi connectivity index (χ1v) is 13.2. The first-order chi connectivity index (χ1) is 17.2. The summed E-state index contributed by atoms with van der Waals surface area (Å²) in [4.78, 5) is 6.15. The van der Waals surface area contributed by atoms with Crippen molar-refractivity contribution in [2.75, 3.05) is 38.5 Å². The number of halogens is 3. The molecule has 2 aromatic heterocycles. The first kappa shape index (κ1) is 32.7. The summed E-state index contributed by atoms with van der Waals surface area (Å²) in [7, 11) is 0. The summed E-state index contributed by atoms with van der Waals surface area (Å²) in [5.74, 6) is 1.57. The maximum atomic E-state index is 12.2. The van der Waals surface area contributed by atoms with Crippen LogP contribution in [0.25, 0.3) is 11.3 Å². The van der Waals surface area contributed by atoms with Gasteiger partial charge in [0.1, 0.15) is 0 Å². The van der Waals surface area contributed by atoms with Crippen molar-refractivity contribution in [3.8, 4) is 17.0 Å². The van der Waals surface area contributed by atoms with E-state index in [0.29, 0.717) is 11.3 Å². The highest BCUT2D eigenvalue weighted by Gasteiger charge is 2.40. The predicted octanol–water partition coefficient (Wildman–Crippen LogP) is 6.39. The van der Waals surface area contributed by atoms with Crippen molar-refractivity contribution in [2.45, 2.75) is 80.1 Å². The van der Waals surface area contributed by atoms with Gasteiger partial charge in [-0.15, -0.1) is 13.2 Å². The molecule has 3 heterocycles. The molecule has 3 N–H and O–H groups in total. The number of hydrogen-bond donors (Lipinski definition) is 2. The van der Waals surface area contributed by atoms with Gasteiger partial charge in [0, 0.05) is 50.2 Å². The van der Waals surface area contributed by atoms with E-state index in [1.807, 2.05) is 27.7 Å². The van der Waals surface area contributed by atoms with E-state index in [2.05, 4.69) is 32.0 Å². The van der Waals surface area contributed by atoms with Gasteiger partial charge in [-0.05, 0) is 50.8 Å². The van der Waals surface area contributed by atoms with Gasteiger partial charge >= 0.3 is 6.36 Å². The molecule has 5 rings (SSSR count). The zero-order chi connectivity index (χ0) is 26.7. The van der Waals surface area contributed by atoms with Crippen molar-refractivity contribution in [2.24, 2.45) is 11.8 Å². The SMILES string of the molecule is C.C1CC2CC2C1.CC.CC(C)n1ccc(-c2cnc(N)c(OC(F)(F)F)c2)n1.CCN1CCNCC1. The van der Waals surface area contributed by atoms with Gasteiger partial charge in [0.05, 0.1) is 5.69 Å². The molecule has 2 aliphatic carbocycles. The van der Waals surface area contributed by atoms with Gasteiger partial charge in [0.15, 0.2) is 11.6 Å². The van der Waals surface area contributed by atoms with E-state index in [1.165, 1.54) is 63.2 Å². The maximum absolute atomic E-state index is 12.2. The Bertz CT molecular complexity index is 889. The zero-order valence-corrected chi connectivity index (χ0v) is 22.3. The number of hydrogen-bond acceptors (Lipinski definition) is 6. The molecule has 3 fully saturated rings. The van der Waals surface area contributed by atoms with Crippen LogP contribution < -0.4 is 15.8 Å². The Morgan fingerprint density at radius 3 is 2.19 bits per heavy atom. The van der Waals surface area contributed by atoms with Gasteiger partial charge in [0.25, 0.3) is 0 Å². The van der Waals surface area contributed by atoms with Crippen molar-refractivity contribution in [3.63, 3.8) is 0 Å². The molecule has 10 heteroatoms.